The van der Waals surface area contributed by atoms with Gasteiger partial charge in [0.2, 0.25) is 0 Å². The van der Waals surface area contributed by atoms with Gasteiger partial charge in [0.25, 0.3) is 5.91 Å². The Labute approximate surface area is 156 Å². The van der Waals surface area contributed by atoms with E-state index in [1.807, 2.05) is 18.2 Å². The minimum Gasteiger partial charge on any atom is -0.449 e. The van der Waals surface area contributed by atoms with Crippen LogP contribution < -0.4 is 5.32 Å². The van der Waals surface area contributed by atoms with Crippen LogP contribution in [0.1, 0.15) is 34.8 Å². The number of aryl methyl sites for hydroxylation is 2. The van der Waals surface area contributed by atoms with Crippen molar-refractivity contribution in [2.45, 2.75) is 32.3 Å². The van der Waals surface area contributed by atoms with Crippen LogP contribution in [0.5, 0.6) is 0 Å². The molecule has 136 valence electrons. The molecule has 3 aromatic rings. The van der Waals surface area contributed by atoms with Gasteiger partial charge in [-0.1, -0.05) is 6.07 Å². The van der Waals surface area contributed by atoms with E-state index < -0.39 is 12.1 Å². The summed E-state index contributed by atoms with van der Waals surface area (Å²) in [5.41, 5.74) is 4.96. The Morgan fingerprint density at radius 3 is 2.63 bits per heavy atom. The minimum atomic E-state index is -0.914. The predicted octanol–water partition coefficient (Wildman–Crippen LogP) is 3.30. The summed E-state index contributed by atoms with van der Waals surface area (Å²) in [4.78, 5) is 33.1. The molecule has 0 saturated heterocycles. The van der Waals surface area contributed by atoms with Crippen LogP contribution in [0.25, 0.3) is 11.0 Å². The summed E-state index contributed by atoms with van der Waals surface area (Å²) in [7, 11) is 0. The minimum absolute atomic E-state index is 0.334. The third-order valence-electron chi connectivity index (χ3n) is 4.72. The molecule has 0 bridgehead atoms. The van der Waals surface area contributed by atoms with Crippen molar-refractivity contribution in [2.24, 2.45) is 0 Å². The van der Waals surface area contributed by atoms with Gasteiger partial charge in [-0.25, -0.2) is 4.79 Å². The van der Waals surface area contributed by atoms with Crippen LogP contribution in [-0.2, 0) is 22.4 Å². The normalized spacial score (nSPS) is 13.8. The maximum Gasteiger partial charge on any atom is 0.338 e. The zero-order chi connectivity index (χ0) is 18.8. The highest BCUT2D eigenvalue weighted by Gasteiger charge is 2.20. The second-order valence-corrected chi connectivity index (χ2v) is 6.63. The van der Waals surface area contributed by atoms with Crippen molar-refractivity contribution in [1.82, 2.24) is 9.97 Å². The van der Waals surface area contributed by atoms with E-state index in [2.05, 4.69) is 15.3 Å². The molecule has 0 fully saturated rings. The molecule has 0 saturated carbocycles. The second-order valence-electron chi connectivity index (χ2n) is 6.63. The predicted molar refractivity (Wildman–Crippen MR) is 102 cm³/mol. The molecular formula is C21H19N3O3. The Hall–Kier alpha value is -3.28. The number of hydrogen-bond acceptors (Lipinski definition) is 5. The molecule has 0 unspecified atom stereocenters. The number of benzene rings is 2. The average molecular weight is 361 g/mol. The van der Waals surface area contributed by atoms with E-state index in [0.717, 1.165) is 24.9 Å². The molecule has 4 rings (SSSR count). The van der Waals surface area contributed by atoms with Crippen molar-refractivity contribution in [3.8, 4) is 0 Å². The van der Waals surface area contributed by atoms with E-state index in [1.54, 1.807) is 37.5 Å². The molecule has 0 spiro atoms. The van der Waals surface area contributed by atoms with E-state index >= 15 is 0 Å². The van der Waals surface area contributed by atoms with Crippen LogP contribution in [-0.4, -0.2) is 27.9 Å². The number of ether oxygens (including phenoxy) is 1. The van der Waals surface area contributed by atoms with Gasteiger partial charge in [0.1, 0.15) is 0 Å². The SMILES string of the molecule is C[C@H](OC(=O)c1ccc2nccnc2c1)C(=O)Nc1ccc2c(c1)CCC2. The van der Waals surface area contributed by atoms with Crippen LogP contribution in [0.2, 0.25) is 0 Å². The monoisotopic (exact) mass is 361 g/mol. The molecule has 6 nitrogen and oxygen atoms in total. The fourth-order valence-corrected chi connectivity index (χ4v) is 3.27. The molecule has 1 aliphatic rings. The Bertz CT molecular complexity index is 1030. The quantitative estimate of drug-likeness (QED) is 0.721. The molecule has 1 N–H and O–H groups in total. The molecule has 1 aromatic heterocycles. The number of aromatic nitrogens is 2. The number of carbonyl (C=O) groups is 2. The highest BCUT2D eigenvalue weighted by atomic mass is 16.5. The van der Waals surface area contributed by atoms with E-state index in [0.29, 0.717) is 16.6 Å². The molecular weight excluding hydrogens is 342 g/mol. The second kappa shape index (κ2) is 7.15. The van der Waals surface area contributed by atoms with Crippen LogP contribution in [0.4, 0.5) is 5.69 Å². The number of fused-ring (bicyclic) bond motifs is 2. The van der Waals surface area contributed by atoms with Crippen molar-refractivity contribution in [2.75, 3.05) is 5.32 Å². The molecule has 0 aliphatic heterocycles. The fraction of sp³-hybridized carbons (Fsp3) is 0.238. The van der Waals surface area contributed by atoms with Crippen molar-refractivity contribution in [3.05, 3.63) is 65.5 Å². The van der Waals surface area contributed by atoms with Gasteiger partial charge in [-0.05, 0) is 67.6 Å². The first-order valence-corrected chi connectivity index (χ1v) is 8.94. The van der Waals surface area contributed by atoms with Gasteiger partial charge < -0.3 is 10.1 Å². The molecule has 1 atom stereocenters. The van der Waals surface area contributed by atoms with Gasteiger partial charge in [-0.15, -0.1) is 0 Å². The van der Waals surface area contributed by atoms with Gasteiger partial charge in [0, 0.05) is 18.1 Å². The van der Waals surface area contributed by atoms with E-state index in [-0.39, 0.29) is 5.91 Å². The van der Waals surface area contributed by atoms with E-state index in [1.165, 1.54) is 11.1 Å². The number of anilines is 1. The number of nitrogens with one attached hydrogen (secondary N) is 1. The van der Waals surface area contributed by atoms with Gasteiger partial charge in [0.05, 0.1) is 16.6 Å². The highest BCUT2D eigenvalue weighted by molar-refractivity contribution is 5.98. The summed E-state index contributed by atoms with van der Waals surface area (Å²) in [5.74, 6) is -0.930. The number of nitrogens with zero attached hydrogens (tertiary/aromatic N) is 2. The summed E-state index contributed by atoms with van der Waals surface area (Å²) in [5, 5.41) is 2.82. The Balaban J connectivity index is 1.42. The average Bonchev–Trinajstić information content (AvgIpc) is 3.15. The zero-order valence-corrected chi connectivity index (χ0v) is 14.9. The fourth-order valence-electron chi connectivity index (χ4n) is 3.27. The van der Waals surface area contributed by atoms with Crippen LogP contribution >= 0.6 is 0 Å². The third-order valence-corrected chi connectivity index (χ3v) is 4.72. The molecule has 27 heavy (non-hydrogen) atoms. The van der Waals surface area contributed by atoms with Gasteiger partial charge in [-0.2, -0.15) is 0 Å². The lowest BCUT2D eigenvalue weighted by Crippen LogP contribution is -2.30. The Morgan fingerprint density at radius 1 is 1.00 bits per heavy atom. The number of hydrogen-bond donors (Lipinski definition) is 1. The first-order chi connectivity index (χ1) is 13.1. The van der Waals surface area contributed by atoms with Gasteiger partial charge in [0.15, 0.2) is 6.10 Å². The Kier molecular flexibility index (Phi) is 4.54. The smallest absolute Gasteiger partial charge is 0.338 e. The number of rotatable bonds is 4. The highest BCUT2D eigenvalue weighted by Crippen LogP contribution is 2.25. The van der Waals surface area contributed by atoms with Gasteiger partial charge in [-0.3, -0.25) is 14.8 Å². The summed E-state index contributed by atoms with van der Waals surface area (Å²) in [6, 6.07) is 10.9. The number of carbonyl (C=O) groups excluding carboxylic acids is 2. The van der Waals surface area contributed by atoms with Crippen LogP contribution in [0, 0.1) is 0 Å². The lowest BCUT2D eigenvalue weighted by atomic mass is 10.1. The molecule has 1 heterocycles. The zero-order valence-electron chi connectivity index (χ0n) is 14.9. The largest absolute Gasteiger partial charge is 0.449 e. The summed E-state index contributed by atoms with van der Waals surface area (Å²) < 4.78 is 5.31. The van der Waals surface area contributed by atoms with E-state index in [4.69, 9.17) is 4.74 Å². The maximum atomic E-state index is 12.4. The first kappa shape index (κ1) is 17.1. The molecule has 0 radical (unpaired) electrons. The molecule has 6 heteroatoms. The number of esters is 1. The topological polar surface area (TPSA) is 81.2 Å². The van der Waals surface area contributed by atoms with Crippen molar-refractivity contribution in [1.29, 1.82) is 0 Å². The molecule has 1 aliphatic carbocycles. The van der Waals surface area contributed by atoms with Crippen molar-refractivity contribution in [3.63, 3.8) is 0 Å². The van der Waals surface area contributed by atoms with Crippen molar-refractivity contribution < 1.29 is 14.3 Å². The standard InChI is InChI=1S/C21H19N3O3/c1-13(20(25)24-17-7-5-14-3-2-4-15(14)11-17)27-21(26)16-6-8-18-19(12-16)23-10-9-22-18/h5-13H,2-4H2,1H3,(H,24,25)/t13-/m0/s1. The molecule has 2 aromatic carbocycles. The van der Waals surface area contributed by atoms with Crippen molar-refractivity contribution >= 4 is 28.6 Å². The van der Waals surface area contributed by atoms with Gasteiger partial charge >= 0.3 is 5.97 Å². The summed E-state index contributed by atoms with van der Waals surface area (Å²) >= 11 is 0. The lowest BCUT2D eigenvalue weighted by Gasteiger charge is -2.14. The lowest BCUT2D eigenvalue weighted by molar-refractivity contribution is -0.123. The maximum absolute atomic E-state index is 12.4. The first-order valence-electron chi connectivity index (χ1n) is 8.94. The van der Waals surface area contributed by atoms with Crippen LogP contribution in [0.3, 0.4) is 0 Å². The van der Waals surface area contributed by atoms with E-state index in [9.17, 15) is 9.59 Å². The number of amides is 1. The summed E-state index contributed by atoms with van der Waals surface area (Å²) in [6.07, 6.45) is 5.51. The summed E-state index contributed by atoms with van der Waals surface area (Å²) in [6.45, 7) is 1.56. The molecule has 1 amide bonds. The van der Waals surface area contributed by atoms with Crippen LogP contribution in [0.15, 0.2) is 48.8 Å². The Morgan fingerprint density at radius 2 is 1.78 bits per heavy atom. The third kappa shape index (κ3) is 3.65.